The van der Waals surface area contributed by atoms with Gasteiger partial charge in [-0.3, -0.25) is 24.4 Å². The maximum Gasteiger partial charge on any atom is 0.411 e. The van der Waals surface area contributed by atoms with Gasteiger partial charge in [0.15, 0.2) is 0 Å². The molecule has 5 atom stereocenters. The van der Waals surface area contributed by atoms with E-state index in [1.807, 2.05) is 43.3 Å². The third-order valence-electron chi connectivity index (χ3n) is 12.8. The molecule has 5 unspecified atom stereocenters. The number of para-hydroxylation sites is 1. The summed E-state index contributed by atoms with van der Waals surface area (Å²) in [5, 5.41) is 6.34. The molecule has 306 valence electrons. The topological polar surface area (TPSA) is 173 Å². The number of nitrogens with zero attached hydrogens (tertiary/aromatic N) is 2. The Morgan fingerprint density at radius 3 is 2.60 bits per heavy atom. The van der Waals surface area contributed by atoms with Crippen molar-refractivity contribution in [2.75, 3.05) is 6.54 Å². The van der Waals surface area contributed by atoms with Crippen molar-refractivity contribution in [3.63, 3.8) is 0 Å². The van der Waals surface area contributed by atoms with E-state index in [1.54, 1.807) is 6.92 Å². The standard InChI is InChI=1S/C41H49F2N5O8S/c1-25-33-30(29-12-8-9-13-31(29)45-25)15-16-39(56-33)22-32-34(49)46-41(36(51)47-57(53,54)38(2)18-19-38)20-27(41)11-7-5-3-4-6-10-26(35(50)48(32)24-39)23-44-37(52)55-28-14-17-40(42,43)21-28/h7-9,11-13,23,27-28,32H,3-6,10,14-22,24H2,1-2H3,(H,44,52)(H,46,49)(H,47,51)/b11-7?,26-23-. The lowest BCUT2D eigenvalue weighted by Gasteiger charge is -2.36. The predicted octanol–water partition coefficient (Wildman–Crippen LogP) is 5.40. The van der Waals surface area contributed by atoms with Crippen LogP contribution in [0.25, 0.3) is 10.9 Å². The van der Waals surface area contributed by atoms with Crippen molar-refractivity contribution in [2.45, 2.75) is 138 Å². The number of nitrogens with one attached hydrogen (secondary N) is 3. The van der Waals surface area contributed by atoms with Crippen molar-refractivity contribution in [3.8, 4) is 5.75 Å². The van der Waals surface area contributed by atoms with E-state index in [1.165, 1.54) is 11.1 Å². The third-order valence-corrected chi connectivity index (χ3v) is 14.9. The third kappa shape index (κ3) is 7.61. The van der Waals surface area contributed by atoms with Gasteiger partial charge in [0.1, 0.15) is 29.0 Å². The molecule has 1 aromatic carbocycles. The zero-order valence-corrected chi connectivity index (χ0v) is 33.0. The van der Waals surface area contributed by atoms with Gasteiger partial charge >= 0.3 is 6.09 Å². The number of allylic oxidation sites excluding steroid dienone is 1. The van der Waals surface area contributed by atoms with E-state index in [0.29, 0.717) is 56.4 Å². The van der Waals surface area contributed by atoms with E-state index in [9.17, 15) is 36.4 Å². The van der Waals surface area contributed by atoms with Crippen molar-refractivity contribution in [1.82, 2.24) is 25.2 Å². The molecule has 8 rings (SSSR count). The molecule has 2 aromatic rings. The highest BCUT2D eigenvalue weighted by Gasteiger charge is 2.64. The fourth-order valence-electron chi connectivity index (χ4n) is 8.90. The summed E-state index contributed by atoms with van der Waals surface area (Å²) in [4.78, 5) is 62.3. The number of alkyl halides is 2. The molecular formula is C41H49F2N5O8S. The molecule has 57 heavy (non-hydrogen) atoms. The minimum atomic E-state index is -4.02. The second-order valence-electron chi connectivity index (χ2n) is 17.1. The summed E-state index contributed by atoms with van der Waals surface area (Å²) in [5.74, 6) is -4.76. The van der Waals surface area contributed by atoms with Crippen LogP contribution in [0.3, 0.4) is 0 Å². The number of aryl methyl sites for hydroxylation is 2. The smallest absolute Gasteiger partial charge is 0.411 e. The molecular weight excluding hydrogens is 761 g/mol. The molecule has 4 amide bonds. The molecule has 3 aliphatic heterocycles. The van der Waals surface area contributed by atoms with Gasteiger partial charge in [0.05, 0.1) is 22.5 Å². The number of hydrogen-bond acceptors (Lipinski definition) is 9. The van der Waals surface area contributed by atoms with Gasteiger partial charge in [-0.1, -0.05) is 36.8 Å². The van der Waals surface area contributed by atoms with Gasteiger partial charge in [-0.05, 0) is 84.1 Å². The molecule has 1 aromatic heterocycles. The van der Waals surface area contributed by atoms with Crippen LogP contribution in [0.4, 0.5) is 13.6 Å². The maximum atomic E-state index is 14.7. The fourth-order valence-corrected chi connectivity index (χ4v) is 10.2. The van der Waals surface area contributed by atoms with Crippen molar-refractivity contribution < 1.29 is 45.9 Å². The molecule has 6 aliphatic rings. The van der Waals surface area contributed by atoms with Gasteiger partial charge in [0.25, 0.3) is 17.7 Å². The van der Waals surface area contributed by atoms with E-state index in [-0.39, 0.29) is 44.2 Å². The van der Waals surface area contributed by atoms with Crippen molar-refractivity contribution in [3.05, 3.63) is 59.4 Å². The van der Waals surface area contributed by atoms with E-state index < -0.39 is 80.1 Å². The predicted molar refractivity (Wildman–Crippen MR) is 204 cm³/mol. The number of alkyl carbamates (subject to hydrolysis) is 1. The van der Waals surface area contributed by atoms with Crippen LogP contribution >= 0.6 is 0 Å². The first-order chi connectivity index (χ1) is 27.0. The molecule has 0 radical (unpaired) electrons. The average molecular weight is 810 g/mol. The molecule has 1 spiro atoms. The summed E-state index contributed by atoms with van der Waals surface area (Å²) in [6.07, 6.45) is 7.26. The lowest BCUT2D eigenvalue weighted by molar-refractivity contribution is -0.137. The number of carbonyl (C=O) groups excluding carboxylic acids is 4. The second-order valence-corrected chi connectivity index (χ2v) is 19.3. The van der Waals surface area contributed by atoms with Crippen LogP contribution in [-0.4, -0.2) is 82.6 Å². The Balaban J connectivity index is 1.11. The number of fused-ring (bicyclic) bond motifs is 5. The molecule has 4 fully saturated rings. The maximum absolute atomic E-state index is 14.7. The number of pyridine rings is 1. The normalized spacial score (nSPS) is 31.3. The van der Waals surface area contributed by atoms with Crippen LogP contribution in [0.15, 0.2) is 48.2 Å². The number of halogens is 2. The van der Waals surface area contributed by atoms with Crippen LogP contribution in [0.1, 0.15) is 102 Å². The van der Waals surface area contributed by atoms with Crippen LogP contribution in [0.2, 0.25) is 0 Å². The Hall–Kier alpha value is -4.60. The van der Waals surface area contributed by atoms with Crippen LogP contribution in [0, 0.1) is 12.8 Å². The second kappa shape index (κ2) is 14.3. The highest BCUT2D eigenvalue weighted by atomic mass is 32.2. The summed E-state index contributed by atoms with van der Waals surface area (Å²) in [5.41, 5.74) is 0.111. The Bertz CT molecular complexity index is 2190. The van der Waals surface area contributed by atoms with Gasteiger partial charge in [0, 0.05) is 47.9 Å². The van der Waals surface area contributed by atoms with E-state index >= 15 is 0 Å². The number of aromatic nitrogens is 1. The first kappa shape index (κ1) is 39.2. The number of sulfonamides is 1. The van der Waals surface area contributed by atoms with E-state index in [0.717, 1.165) is 22.9 Å². The number of rotatable bonds is 5. The van der Waals surface area contributed by atoms with Gasteiger partial charge in [-0.15, -0.1) is 0 Å². The Kier molecular flexibility index (Phi) is 9.88. The van der Waals surface area contributed by atoms with Gasteiger partial charge in [-0.25, -0.2) is 27.0 Å². The average Bonchev–Trinajstić information content (AvgIpc) is 4.01. The fraction of sp³-hybridized carbons (Fsp3) is 0.585. The van der Waals surface area contributed by atoms with Crippen LogP contribution in [0.5, 0.6) is 5.75 Å². The number of carbonyl (C=O) groups is 4. The number of hydrogen-bond donors (Lipinski definition) is 3. The van der Waals surface area contributed by atoms with Gasteiger partial charge in [0.2, 0.25) is 15.9 Å². The lowest BCUT2D eigenvalue weighted by Crippen LogP contribution is -2.57. The molecule has 3 N–H and O–H groups in total. The Morgan fingerprint density at radius 2 is 1.84 bits per heavy atom. The quantitative estimate of drug-likeness (QED) is 0.264. The van der Waals surface area contributed by atoms with E-state index in [2.05, 4.69) is 15.4 Å². The van der Waals surface area contributed by atoms with Gasteiger partial charge in [-0.2, -0.15) is 0 Å². The van der Waals surface area contributed by atoms with Crippen LogP contribution in [-0.2, 0) is 35.6 Å². The first-order valence-electron chi connectivity index (χ1n) is 20.0. The summed E-state index contributed by atoms with van der Waals surface area (Å²) in [6.45, 7) is 3.44. The Labute approximate surface area is 330 Å². The lowest BCUT2D eigenvalue weighted by atomic mass is 9.87. The Morgan fingerprint density at radius 1 is 1.05 bits per heavy atom. The summed E-state index contributed by atoms with van der Waals surface area (Å²) in [6, 6.07) is 6.63. The van der Waals surface area contributed by atoms with Crippen molar-refractivity contribution >= 4 is 44.7 Å². The summed E-state index contributed by atoms with van der Waals surface area (Å²) < 4.78 is 67.3. The number of ether oxygens (including phenoxy) is 2. The molecule has 4 heterocycles. The van der Waals surface area contributed by atoms with E-state index in [4.69, 9.17) is 14.5 Å². The SMILES string of the molecule is Cc1nc2ccccc2c2c1OC1(CC2)CC2C(=O)NC3(C(=O)NS(=O)(=O)C4(C)CC4)CC3C=CCCCCC/C(=C/NC(=O)OC3CCC(F)(F)C3)C(=O)N2C1. The first-order valence-corrected chi connectivity index (χ1v) is 21.5. The zero-order valence-electron chi connectivity index (χ0n) is 32.2. The zero-order chi connectivity index (χ0) is 40.4. The largest absolute Gasteiger partial charge is 0.483 e. The van der Waals surface area contributed by atoms with Crippen molar-refractivity contribution in [2.24, 2.45) is 5.92 Å². The molecule has 13 nitrogen and oxygen atoms in total. The minimum Gasteiger partial charge on any atom is -0.483 e. The molecule has 3 saturated carbocycles. The summed E-state index contributed by atoms with van der Waals surface area (Å²) in [7, 11) is -4.02. The van der Waals surface area contributed by atoms with Crippen molar-refractivity contribution in [1.29, 1.82) is 0 Å². The molecule has 1 saturated heterocycles. The monoisotopic (exact) mass is 809 g/mol. The van der Waals surface area contributed by atoms with Gasteiger partial charge < -0.3 is 19.7 Å². The molecule has 16 heteroatoms. The van der Waals surface area contributed by atoms with Crippen LogP contribution < -0.4 is 20.1 Å². The highest BCUT2D eigenvalue weighted by molar-refractivity contribution is 7.91. The summed E-state index contributed by atoms with van der Waals surface area (Å²) >= 11 is 0. The molecule has 3 aliphatic carbocycles. The number of amides is 4. The highest BCUT2D eigenvalue weighted by Crippen LogP contribution is 2.49. The number of benzene rings is 1. The minimum absolute atomic E-state index is 0.00380. The molecule has 0 bridgehead atoms.